The van der Waals surface area contributed by atoms with E-state index in [-0.39, 0.29) is 17.8 Å². The van der Waals surface area contributed by atoms with Gasteiger partial charge in [-0.2, -0.15) is 11.3 Å². The summed E-state index contributed by atoms with van der Waals surface area (Å²) in [6.45, 7) is 1.60. The van der Waals surface area contributed by atoms with Gasteiger partial charge in [0.15, 0.2) is 0 Å². The Hall–Kier alpha value is -0.870. The summed E-state index contributed by atoms with van der Waals surface area (Å²) in [6, 6.07) is 2.08. The molecule has 0 aromatic carbocycles. The minimum absolute atomic E-state index is 0.0189. The second-order valence-electron chi connectivity index (χ2n) is 3.45. The van der Waals surface area contributed by atoms with E-state index in [1.54, 1.807) is 11.3 Å². The number of rotatable bonds is 2. The van der Waals surface area contributed by atoms with E-state index in [4.69, 9.17) is 4.74 Å². The van der Waals surface area contributed by atoms with Crippen LogP contribution in [0.2, 0.25) is 0 Å². The predicted octanol–water partition coefficient (Wildman–Crippen LogP) is 1.22. The fourth-order valence-electron chi connectivity index (χ4n) is 1.91. The normalized spacial score (nSPS) is 26.4. The number of carbonyl (C=O) groups is 1. The van der Waals surface area contributed by atoms with Crippen molar-refractivity contribution in [1.29, 1.82) is 0 Å². The highest BCUT2D eigenvalue weighted by Crippen LogP contribution is 2.30. The Morgan fingerprint density at radius 1 is 1.64 bits per heavy atom. The summed E-state index contributed by atoms with van der Waals surface area (Å²) in [5, 5.41) is 7.38. The number of hydrogen-bond acceptors (Lipinski definition) is 4. The molecule has 0 saturated carbocycles. The van der Waals surface area contributed by atoms with Gasteiger partial charge in [0.05, 0.1) is 13.0 Å². The first-order valence-corrected chi connectivity index (χ1v) is 5.58. The molecule has 1 fully saturated rings. The van der Waals surface area contributed by atoms with Gasteiger partial charge in [-0.05, 0) is 22.4 Å². The molecule has 76 valence electrons. The van der Waals surface area contributed by atoms with Gasteiger partial charge in [-0.25, -0.2) is 0 Å². The smallest absolute Gasteiger partial charge is 0.310 e. The van der Waals surface area contributed by atoms with E-state index in [1.165, 1.54) is 12.7 Å². The summed E-state index contributed by atoms with van der Waals surface area (Å²) in [6.07, 6.45) is 0. The van der Waals surface area contributed by atoms with Crippen LogP contribution in [0, 0.1) is 5.92 Å². The quantitative estimate of drug-likeness (QED) is 0.748. The molecule has 1 N–H and O–H groups in total. The second-order valence-corrected chi connectivity index (χ2v) is 4.23. The van der Waals surface area contributed by atoms with Gasteiger partial charge in [-0.3, -0.25) is 4.79 Å². The highest BCUT2D eigenvalue weighted by atomic mass is 32.1. The van der Waals surface area contributed by atoms with Crippen LogP contribution in [-0.2, 0) is 9.53 Å². The molecule has 1 aromatic rings. The van der Waals surface area contributed by atoms with E-state index >= 15 is 0 Å². The van der Waals surface area contributed by atoms with Crippen molar-refractivity contribution < 1.29 is 9.53 Å². The second kappa shape index (κ2) is 4.11. The first-order valence-electron chi connectivity index (χ1n) is 4.63. The molecule has 0 aliphatic carbocycles. The molecule has 4 heteroatoms. The molecular formula is C10H13NO2S. The number of esters is 1. The monoisotopic (exact) mass is 211 g/mol. The zero-order valence-corrected chi connectivity index (χ0v) is 8.84. The fraction of sp³-hybridized carbons (Fsp3) is 0.500. The highest BCUT2D eigenvalue weighted by Gasteiger charge is 2.34. The Balaban J connectivity index is 2.15. The average molecular weight is 211 g/mol. The third kappa shape index (κ3) is 1.67. The van der Waals surface area contributed by atoms with E-state index in [0.29, 0.717) is 0 Å². The lowest BCUT2D eigenvalue weighted by atomic mass is 9.91. The molecule has 1 aliphatic heterocycles. The van der Waals surface area contributed by atoms with Crippen LogP contribution in [0.5, 0.6) is 0 Å². The molecule has 2 heterocycles. The number of ether oxygens (including phenoxy) is 1. The van der Waals surface area contributed by atoms with Gasteiger partial charge >= 0.3 is 5.97 Å². The number of methoxy groups -OCH3 is 1. The fourth-order valence-corrected chi connectivity index (χ4v) is 2.64. The topological polar surface area (TPSA) is 38.3 Å². The van der Waals surface area contributed by atoms with Crippen molar-refractivity contribution in [3.63, 3.8) is 0 Å². The molecule has 14 heavy (non-hydrogen) atoms. The van der Waals surface area contributed by atoms with E-state index < -0.39 is 0 Å². The van der Waals surface area contributed by atoms with Crippen LogP contribution < -0.4 is 5.32 Å². The largest absolute Gasteiger partial charge is 0.469 e. The van der Waals surface area contributed by atoms with Gasteiger partial charge in [-0.15, -0.1) is 0 Å². The van der Waals surface area contributed by atoms with Crippen molar-refractivity contribution in [2.75, 3.05) is 20.2 Å². The van der Waals surface area contributed by atoms with Crippen LogP contribution in [-0.4, -0.2) is 26.2 Å². The van der Waals surface area contributed by atoms with Gasteiger partial charge in [-0.1, -0.05) is 0 Å². The first-order chi connectivity index (χ1) is 6.83. The Morgan fingerprint density at radius 3 is 3.14 bits per heavy atom. The molecule has 1 aromatic heterocycles. The molecule has 3 nitrogen and oxygen atoms in total. The molecular weight excluding hydrogens is 198 g/mol. The lowest BCUT2D eigenvalue weighted by Gasteiger charge is -2.14. The summed E-state index contributed by atoms with van der Waals surface area (Å²) in [5.74, 6) is 0.162. The molecule has 0 spiro atoms. The Morgan fingerprint density at radius 2 is 2.50 bits per heavy atom. The maximum absolute atomic E-state index is 11.5. The number of nitrogens with one attached hydrogen (secondary N) is 1. The van der Waals surface area contributed by atoms with Crippen molar-refractivity contribution >= 4 is 17.3 Å². The minimum Gasteiger partial charge on any atom is -0.469 e. The SMILES string of the molecule is COC(=O)[C@H]1CNC[C@H]1c1ccsc1. The Labute approximate surface area is 87.1 Å². The number of hydrogen-bond donors (Lipinski definition) is 1. The highest BCUT2D eigenvalue weighted by molar-refractivity contribution is 7.08. The minimum atomic E-state index is -0.105. The zero-order valence-electron chi connectivity index (χ0n) is 8.03. The lowest BCUT2D eigenvalue weighted by Crippen LogP contribution is -2.22. The van der Waals surface area contributed by atoms with Gasteiger partial charge in [0, 0.05) is 19.0 Å². The maximum Gasteiger partial charge on any atom is 0.310 e. The van der Waals surface area contributed by atoms with Crippen molar-refractivity contribution in [2.24, 2.45) is 5.92 Å². The van der Waals surface area contributed by atoms with Crippen molar-refractivity contribution in [3.05, 3.63) is 22.4 Å². The van der Waals surface area contributed by atoms with Crippen LogP contribution in [0.4, 0.5) is 0 Å². The maximum atomic E-state index is 11.5. The van der Waals surface area contributed by atoms with Crippen molar-refractivity contribution in [3.8, 4) is 0 Å². The van der Waals surface area contributed by atoms with Crippen molar-refractivity contribution in [1.82, 2.24) is 5.32 Å². The molecule has 0 bridgehead atoms. The third-order valence-corrected chi connectivity index (χ3v) is 3.39. The zero-order chi connectivity index (χ0) is 9.97. The average Bonchev–Trinajstić information content (AvgIpc) is 2.85. The van der Waals surface area contributed by atoms with Crippen LogP contribution in [0.25, 0.3) is 0 Å². The number of thiophene rings is 1. The van der Waals surface area contributed by atoms with Crippen LogP contribution in [0.15, 0.2) is 16.8 Å². The van der Waals surface area contributed by atoms with Gasteiger partial charge in [0.2, 0.25) is 0 Å². The Bertz CT molecular complexity index is 310. The van der Waals surface area contributed by atoms with E-state index in [0.717, 1.165) is 13.1 Å². The molecule has 2 atom stereocenters. The molecule has 1 aliphatic rings. The standard InChI is InChI=1S/C10H13NO2S/c1-13-10(12)9-5-11-4-8(9)7-2-3-14-6-7/h2-3,6,8-9,11H,4-5H2,1H3/t8-,9-/m0/s1. The third-order valence-electron chi connectivity index (χ3n) is 2.69. The number of carbonyl (C=O) groups excluding carboxylic acids is 1. The molecule has 0 amide bonds. The molecule has 1 saturated heterocycles. The summed E-state index contributed by atoms with van der Waals surface area (Å²) in [4.78, 5) is 11.5. The Kier molecular flexibility index (Phi) is 2.84. The lowest BCUT2D eigenvalue weighted by molar-refractivity contribution is -0.145. The van der Waals surface area contributed by atoms with E-state index in [9.17, 15) is 4.79 Å². The van der Waals surface area contributed by atoms with Gasteiger partial charge in [0.25, 0.3) is 0 Å². The molecule has 0 unspecified atom stereocenters. The van der Waals surface area contributed by atoms with E-state index in [2.05, 4.69) is 16.8 Å². The molecule has 2 rings (SSSR count). The summed E-state index contributed by atoms with van der Waals surface area (Å²) in [7, 11) is 1.45. The van der Waals surface area contributed by atoms with Crippen LogP contribution in [0.1, 0.15) is 11.5 Å². The predicted molar refractivity (Wildman–Crippen MR) is 55.4 cm³/mol. The summed E-state index contributed by atoms with van der Waals surface area (Å²) in [5.41, 5.74) is 1.25. The first kappa shape index (κ1) is 9.68. The summed E-state index contributed by atoms with van der Waals surface area (Å²) >= 11 is 1.67. The summed E-state index contributed by atoms with van der Waals surface area (Å²) < 4.78 is 4.79. The van der Waals surface area contributed by atoms with Gasteiger partial charge < -0.3 is 10.1 Å². The van der Waals surface area contributed by atoms with Gasteiger partial charge in [0.1, 0.15) is 0 Å². The van der Waals surface area contributed by atoms with E-state index in [1.807, 2.05) is 5.38 Å². The van der Waals surface area contributed by atoms with Crippen molar-refractivity contribution in [2.45, 2.75) is 5.92 Å². The van der Waals surface area contributed by atoms with Crippen LogP contribution >= 0.6 is 11.3 Å². The van der Waals surface area contributed by atoms with Crippen LogP contribution in [0.3, 0.4) is 0 Å². The molecule has 0 radical (unpaired) electrons.